The van der Waals surface area contributed by atoms with Crippen molar-refractivity contribution in [1.82, 2.24) is 10.3 Å². The molecule has 0 spiro atoms. The molecule has 19 heavy (non-hydrogen) atoms. The van der Waals surface area contributed by atoms with Crippen LogP contribution in [-0.4, -0.2) is 22.3 Å². The van der Waals surface area contributed by atoms with Crippen molar-refractivity contribution in [3.05, 3.63) is 42.1 Å². The second-order valence-corrected chi connectivity index (χ2v) is 6.12. The number of hydrogen-bond donors (Lipinski definition) is 1. The standard InChI is InChI=1S/C15H15BrN2O/c16-13(10-6-7-10)9-18-15(19)12-5-1-3-11-4-2-8-17-14(11)12/h1-5,8,10,13H,6-7,9H2,(H,18,19). The highest BCUT2D eigenvalue weighted by atomic mass is 79.9. The molecule has 0 saturated heterocycles. The number of carbonyl (C=O) groups is 1. The summed E-state index contributed by atoms with van der Waals surface area (Å²) in [6.45, 7) is 0.673. The zero-order valence-corrected chi connectivity index (χ0v) is 12.1. The van der Waals surface area contributed by atoms with Crippen LogP contribution in [0, 0.1) is 5.92 Å². The summed E-state index contributed by atoms with van der Waals surface area (Å²) in [4.78, 5) is 16.9. The van der Waals surface area contributed by atoms with Gasteiger partial charge in [-0.1, -0.05) is 34.1 Å². The number of para-hydroxylation sites is 1. The van der Waals surface area contributed by atoms with Gasteiger partial charge in [-0.2, -0.15) is 0 Å². The van der Waals surface area contributed by atoms with E-state index >= 15 is 0 Å². The lowest BCUT2D eigenvalue weighted by Crippen LogP contribution is -2.30. The van der Waals surface area contributed by atoms with Gasteiger partial charge in [-0.15, -0.1) is 0 Å². The smallest absolute Gasteiger partial charge is 0.253 e. The maximum absolute atomic E-state index is 12.2. The van der Waals surface area contributed by atoms with E-state index in [4.69, 9.17) is 0 Å². The van der Waals surface area contributed by atoms with Crippen LogP contribution in [0.5, 0.6) is 0 Å². The normalized spacial score (nSPS) is 16.3. The molecule has 1 heterocycles. The number of hydrogen-bond acceptors (Lipinski definition) is 2. The summed E-state index contributed by atoms with van der Waals surface area (Å²) in [5.41, 5.74) is 1.41. The fourth-order valence-corrected chi connectivity index (χ4v) is 2.89. The summed E-state index contributed by atoms with van der Waals surface area (Å²) in [5.74, 6) is 0.681. The molecule has 1 aliphatic carbocycles. The van der Waals surface area contributed by atoms with Crippen molar-refractivity contribution in [3.8, 4) is 0 Å². The number of halogens is 1. The number of pyridine rings is 1. The topological polar surface area (TPSA) is 42.0 Å². The number of benzene rings is 1. The number of rotatable bonds is 4. The van der Waals surface area contributed by atoms with E-state index in [9.17, 15) is 4.79 Å². The van der Waals surface area contributed by atoms with Crippen LogP contribution in [0.15, 0.2) is 36.5 Å². The molecular weight excluding hydrogens is 304 g/mol. The highest BCUT2D eigenvalue weighted by Crippen LogP contribution is 2.36. The minimum absolute atomic E-state index is 0.0469. The van der Waals surface area contributed by atoms with E-state index in [0.29, 0.717) is 16.9 Å². The Bertz CT molecular complexity index is 605. The van der Waals surface area contributed by atoms with Crippen LogP contribution in [0.2, 0.25) is 0 Å². The first-order valence-corrected chi connectivity index (χ1v) is 7.43. The van der Waals surface area contributed by atoms with Crippen molar-refractivity contribution in [2.45, 2.75) is 17.7 Å². The first kappa shape index (κ1) is 12.6. The third-order valence-corrected chi connectivity index (χ3v) is 4.54. The van der Waals surface area contributed by atoms with Gasteiger partial charge in [0.1, 0.15) is 0 Å². The number of fused-ring (bicyclic) bond motifs is 1. The molecule has 1 saturated carbocycles. The van der Waals surface area contributed by atoms with Crippen LogP contribution in [0.25, 0.3) is 10.9 Å². The molecule has 1 atom stereocenters. The molecule has 1 amide bonds. The van der Waals surface area contributed by atoms with Gasteiger partial charge >= 0.3 is 0 Å². The second kappa shape index (κ2) is 5.29. The molecule has 98 valence electrons. The van der Waals surface area contributed by atoms with E-state index in [0.717, 1.165) is 16.8 Å². The molecule has 0 radical (unpaired) electrons. The summed E-state index contributed by atoms with van der Waals surface area (Å²) >= 11 is 3.63. The molecule has 1 fully saturated rings. The van der Waals surface area contributed by atoms with Gasteiger partial charge in [-0.25, -0.2) is 0 Å². The molecule has 3 nitrogen and oxygen atoms in total. The van der Waals surface area contributed by atoms with Gasteiger partial charge in [-0.3, -0.25) is 9.78 Å². The number of alkyl halides is 1. The van der Waals surface area contributed by atoms with Gasteiger partial charge in [0.2, 0.25) is 0 Å². The molecular formula is C15H15BrN2O. The molecule has 2 aromatic rings. The van der Waals surface area contributed by atoms with Crippen LogP contribution in [0.4, 0.5) is 0 Å². The number of nitrogens with one attached hydrogen (secondary N) is 1. The van der Waals surface area contributed by atoms with Gasteiger partial charge in [-0.05, 0) is 30.9 Å². The average Bonchev–Trinajstić information content (AvgIpc) is 3.28. The maximum atomic E-state index is 12.2. The first-order chi connectivity index (χ1) is 9.25. The van der Waals surface area contributed by atoms with Crippen LogP contribution < -0.4 is 5.32 Å². The van der Waals surface area contributed by atoms with E-state index in [1.54, 1.807) is 6.20 Å². The van der Waals surface area contributed by atoms with E-state index in [2.05, 4.69) is 26.2 Å². The van der Waals surface area contributed by atoms with Crippen molar-refractivity contribution in [2.75, 3.05) is 6.54 Å². The summed E-state index contributed by atoms with van der Waals surface area (Å²) in [6, 6.07) is 9.54. The number of carbonyl (C=O) groups excluding carboxylic acids is 1. The predicted octanol–water partition coefficient (Wildman–Crippen LogP) is 3.14. The minimum atomic E-state index is -0.0469. The molecule has 0 bridgehead atoms. The number of amides is 1. The van der Waals surface area contributed by atoms with Crippen LogP contribution in [0.1, 0.15) is 23.2 Å². The zero-order chi connectivity index (χ0) is 13.2. The van der Waals surface area contributed by atoms with Crippen molar-refractivity contribution in [1.29, 1.82) is 0 Å². The van der Waals surface area contributed by atoms with Gasteiger partial charge in [0.05, 0.1) is 11.1 Å². The number of aromatic nitrogens is 1. The van der Waals surface area contributed by atoms with Crippen molar-refractivity contribution in [2.24, 2.45) is 5.92 Å². The Morgan fingerprint density at radius 1 is 1.37 bits per heavy atom. The molecule has 1 unspecified atom stereocenters. The quantitative estimate of drug-likeness (QED) is 0.880. The Kier molecular flexibility index (Phi) is 3.51. The molecule has 1 aliphatic rings. The molecule has 0 aliphatic heterocycles. The molecule has 1 aromatic heterocycles. The fourth-order valence-electron chi connectivity index (χ4n) is 2.20. The van der Waals surface area contributed by atoms with Crippen molar-refractivity contribution >= 4 is 32.7 Å². The molecule has 4 heteroatoms. The van der Waals surface area contributed by atoms with E-state index < -0.39 is 0 Å². The Labute approximate surface area is 120 Å². The third kappa shape index (κ3) is 2.78. The monoisotopic (exact) mass is 318 g/mol. The molecule has 3 rings (SSSR count). The third-order valence-electron chi connectivity index (χ3n) is 3.47. The van der Waals surface area contributed by atoms with E-state index in [1.165, 1.54) is 12.8 Å². The Morgan fingerprint density at radius 3 is 2.95 bits per heavy atom. The minimum Gasteiger partial charge on any atom is -0.351 e. The highest BCUT2D eigenvalue weighted by molar-refractivity contribution is 9.09. The summed E-state index contributed by atoms with van der Waals surface area (Å²) < 4.78 is 0. The second-order valence-electron chi connectivity index (χ2n) is 4.94. The van der Waals surface area contributed by atoms with Crippen LogP contribution in [0.3, 0.4) is 0 Å². The Hall–Kier alpha value is -1.42. The largest absolute Gasteiger partial charge is 0.351 e. The maximum Gasteiger partial charge on any atom is 0.253 e. The predicted molar refractivity (Wildman–Crippen MR) is 79.5 cm³/mol. The van der Waals surface area contributed by atoms with E-state index in [1.807, 2.05) is 30.3 Å². The fraction of sp³-hybridized carbons (Fsp3) is 0.333. The van der Waals surface area contributed by atoms with Crippen LogP contribution in [-0.2, 0) is 0 Å². The summed E-state index contributed by atoms with van der Waals surface area (Å²) in [7, 11) is 0. The van der Waals surface area contributed by atoms with Crippen molar-refractivity contribution < 1.29 is 4.79 Å². The SMILES string of the molecule is O=C(NCC(Br)C1CC1)c1cccc2cccnc12. The van der Waals surface area contributed by atoms with Gasteiger partial charge < -0.3 is 5.32 Å². The van der Waals surface area contributed by atoms with Crippen molar-refractivity contribution in [3.63, 3.8) is 0 Å². The molecule has 1 aromatic carbocycles. The van der Waals surface area contributed by atoms with E-state index in [-0.39, 0.29) is 5.91 Å². The Balaban J connectivity index is 1.77. The lowest BCUT2D eigenvalue weighted by molar-refractivity contribution is 0.0955. The van der Waals surface area contributed by atoms with Gasteiger partial charge in [0, 0.05) is 23.0 Å². The van der Waals surface area contributed by atoms with Crippen LogP contribution >= 0.6 is 15.9 Å². The first-order valence-electron chi connectivity index (χ1n) is 6.52. The average molecular weight is 319 g/mol. The molecule has 1 N–H and O–H groups in total. The van der Waals surface area contributed by atoms with Gasteiger partial charge in [0.25, 0.3) is 5.91 Å². The Morgan fingerprint density at radius 2 is 2.16 bits per heavy atom. The summed E-state index contributed by atoms with van der Waals surface area (Å²) in [5, 5.41) is 3.98. The number of nitrogens with zero attached hydrogens (tertiary/aromatic N) is 1. The van der Waals surface area contributed by atoms with Gasteiger partial charge in [0.15, 0.2) is 0 Å². The summed E-state index contributed by atoms with van der Waals surface area (Å²) in [6.07, 6.45) is 4.25. The zero-order valence-electron chi connectivity index (χ0n) is 10.5. The lowest BCUT2D eigenvalue weighted by Gasteiger charge is -2.11. The lowest BCUT2D eigenvalue weighted by atomic mass is 10.1. The highest BCUT2D eigenvalue weighted by Gasteiger charge is 2.29.